The molecule has 0 aliphatic carbocycles. The molecule has 7 nitrogen and oxygen atoms in total. The summed E-state index contributed by atoms with van der Waals surface area (Å²) in [5, 5.41) is 12.4. The molecule has 1 aliphatic heterocycles. The van der Waals surface area contributed by atoms with Crippen molar-refractivity contribution in [1.82, 2.24) is 20.0 Å². The van der Waals surface area contributed by atoms with Crippen molar-refractivity contribution in [2.75, 3.05) is 38.0 Å². The third kappa shape index (κ3) is 5.38. The zero-order valence-electron chi connectivity index (χ0n) is 18.1. The van der Waals surface area contributed by atoms with Crippen molar-refractivity contribution in [3.63, 3.8) is 0 Å². The van der Waals surface area contributed by atoms with Crippen LogP contribution in [0, 0.1) is 0 Å². The lowest BCUT2D eigenvalue weighted by Gasteiger charge is -2.36. The van der Waals surface area contributed by atoms with E-state index in [-0.39, 0.29) is 24.3 Å². The Hall–Kier alpha value is -3.10. The number of amides is 2. The largest absolute Gasteiger partial charge is 0.340 e. The molecule has 2 aromatic carbocycles. The van der Waals surface area contributed by atoms with Crippen molar-refractivity contribution < 1.29 is 9.59 Å². The fourth-order valence-electron chi connectivity index (χ4n) is 3.92. The van der Waals surface area contributed by atoms with Gasteiger partial charge in [0.1, 0.15) is 5.01 Å². The summed E-state index contributed by atoms with van der Waals surface area (Å²) in [7, 11) is 0. The Labute approximate surface area is 192 Å². The highest BCUT2D eigenvalue weighted by Gasteiger charge is 2.28. The molecule has 1 aromatic heterocycles. The van der Waals surface area contributed by atoms with Gasteiger partial charge in [-0.15, -0.1) is 10.2 Å². The van der Waals surface area contributed by atoms with Crippen LogP contribution in [0.1, 0.15) is 24.8 Å². The van der Waals surface area contributed by atoms with Gasteiger partial charge in [-0.1, -0.05) is 78.9 Å². The van der Waals surface area contributed by atoms with E-state index in [4.69, 9.17) is 0 Å². The number of nitrogens with zero attached hydrogens (tertiary/aromatic N) is 4. The van der Waals surface area contributed by atoms with Crippen molar-refractivity contribution in [1.29, 1.82) is 0 Å². The van der Waals surface area contributed by atoms with Gasteiger partial charge in [0.15, 0.2) is 0 Å². The highest BCUT2D eigenvalue weighted by molar-refractivity contribution is 7.18. The van der Waals surface area contributed by atoms with Crippen LogP contribution in [0.25, 0.3) is 10.6 Å². The smallest absolute Gasteiger partial charge is 0.240 e. The normalized spacial score (nSPS) is 15.3. The quantitative estimate of drug-likeness (QED) is 0.598. The predicted octanol–water partition coefficient (Wildman–Crippen LogP) is 3.48. The van der Waals surface area contributed by atoms with Crippen LogP contribution in [0.15, 0.2) is 60.7 Å². The van der Waals surface area contributed by atoms with Gasteiger partial charge in [-0.3, -0.25) is 19.8 Å². The Morgan fingerprint density at radius 1 is 0.969 bits per heavy atom. The number of aromatic nitrogens is 2. The molecule has 3 aromatic rings. The van der Waals surface area contributed by atoms with Gasteiger partial charge in [-0.05, 0) is 12.0 Å². The standard InChI is InChI=1S/C24H27N5O2S/c1-2-20(18-9-5-3-6-10-18)23(31)29-15-13-28(14-16-29)17-21(30)25-24-27-26-22(32-24)19-11-7-4-8-12-19/h3-12,20H,2,13-17H2,1H3,(H,25,27,30)/t20-/m0/s1. The average molecular weight is 450 g/mol. The van der Waals surface area contributed by atoms with E-state index in [1.807, 2.05) is 72.5 Å². The Bertz CT molecular complexity index is 1030. The van der Waals surface area contributed by atoms with Gasteiger partial charge in [-0.25, -0.2) is 0 Å². The minimum Gasteiger partial charge on any atom is -0.340 e. The second kappa shape index (κ2) is 10.5. The summed E-state index contributed by atoms with van der Waals surface area (Å²) in [6.45, 7) is 4.94. The first-order valence-corrected chi connectivity index (χ1v) is 11.7. The van der Waals surface area contributed by atoms with Crippen LogP contribution < -0.4 is 5.32 Å². The molecule has 2 heterocycles. The molecule has 0 unspecified atom stereocenters. The van der Waals surface area contributed by atoms with E-state index in [1.165, 1.54) is 11.3 Å². The van der Waals surface area contributed by atoms with Crippen LogP contribution in [0.4, 0.5) is 5.13 Å². The second-order valence-corrected chi connectivity index (χ2v) is 8.78. The van der Waals surface area contributed by atoms with Crippen LogP contribution in [-0.4, -0.2) is 64.5 Å². The number of anilines is 1. The second-order valence-electron chi connectivity index (χ2n) is 7.80. The summed E-state index contributed by atoms with van der Waals surface area (Å²) in [6, 6.07) is 19.7. The van der Waals surface area contributed by atoms with Crippen molar-refractivity contribution in [3.05, 3.63) is 66.2 Å². The van der Waals surface area contributed by atoms with Gasteiger partial charge in [-0.2, -0.15) is 0 Å². The van der Waals surface area contributed by atoms with Crippen LogP contribution >= 0.6 is 11.3 Å². The van der Waals surface area contributed by atoms with Gasteiger partial charge in [0.2, 0.25) is 16.9 Å². The summed E-state index contributed by atoms with van der Waals surface area (Å²) < 4.78 is 0. The van der Waals surface area contributed by atoms with Crippen LogP contribution in [0.2, 0.25) is 0 Å². The van der Waals surface area contributed by atoms with Gasteiger partial charge in [0.05, 0.1) is 12.5 Å². The van der Waals surface area contributed by atoms with Gasteiger partial charge < -0.3 is 4.90 Å². The number of carbonyl (C=O) groups excluding carboxylic acids is 2. The first-order chi connectivity index (χ1) is 15.6. The summed E-state index contributed by atoms with van der Waals surface area (Å²) in [5.74, 6) is -0.0522. The number of nitrogens with one attached hydrogen (secondary N) is 1. The Kier molecular flexibility index (Phi) is 7.24. The van der Waals surface area contributed by atoms with E-state index >= 15 is 0 Å². The van der Waals surface area contributed by atoms with Crippen molar-refractivity contribution in [2.24, 2.45) is 0 Å². The minimum atomic E-state index is -0.115. The molecule has 1 fully saturated rings. The molecular weight excluding hydrogens is 422 g/mol. The Morgan fingerprint density at radius 2 is 1.62 bits per heavy atom. The number of piperazine rings is 1. The van der Waals surface area contributed by atoms with E-state index in [1.54, 1.807) is 0 Å². The summed E-state index contributed by atoms with van der Waals surface area (Å²) in [5.41, 5.74) is 2.04. The highest BCUT2D eigenvalue weighted by Crippen LogP contribution is 2.26. The van der Waals surface area contributed by atoms with E-state index in [0.717, 1.165) is 22.6 Å². The van der Waals surface area contributed by atoms with E-state index in [9.17, 15) is 9.59 Å². The third-order valence-corrected chi connectivity index (χ3v) is 6.54. The number of hydrogen-bond donors (Lipinski definition) is 1. The molecule has 0 spiro atoms. The molecule has 1 saturated heterocycles. The zero-order chi connectivity index (χ0) is 22.3. The molecule has 166 valence electrons. The van der Waals surface area contributed by atoms with E-state index < -0.39 is 0 Å². The monoisotopic (exact) mass is 449 g/mol. The van der Waals surface area contributed by atoms with E-state index in [2.05, 4.69) is 20.4 Å². The fourth-order valence-corrected chi connectivity index (χ4v) is 4.68. The summed E-state index contributed by atoms with van der Waals surface area (Å²) in [4.78, 5) is 29.5. The molecule has 1 N–H and O–H groups in total. The lowest BCUT2D eigenvalue weighted by Crippen LogP contribution is -2.51. The topological polar surface area (TPSA) is 78.4 Å². The average Bonchev–Trinajstić information content (AvgIpc) is 3.29. The number of rotatable bonds is 7. The first-order valence-electron chi connectivity index (χ1n) is 10.9. The third-order valence-electron chi connectivity index (χ3n) is 5.65. The molecule has 32 heavy (non-hydrogen) atoms. The lowest BCUT2D eigenvalue weighted by molar-refractivity contribution is -0.134. The van der Waals surface area contributed by atoms with Crippen LogP contribution in [0.3, 0.4) is 0 Å². The van der Waals surface area contributed by atoms with Crippen LogP contribution in [-0.2, 0) is 9.59 Å². The van der Waals surface area contributed by atoms with Crippen molar-refractivity contribution in [3.8, 4) is 10.6 Å². The lowest BCUT2D eigenvalue weighted by atomic mass is 9.95. The molecule has 1 atom stereocenters. The Morgan fingerprint density at radius 3 is 2.28 bits per heavy atom. The molecule has 0 saturated carbocycles. The van der Waals surface area contributed by atoms with Crippen LogP contribution in [0.5, 0.6) is 0 Å². The van der Waals surface area contributed by atoms with Crippen molar-refractivity contribution >= 4 is 28.3 Å². The molecular formula is C24H27N5O2S. The molecule has 8 heteroatoms. The van der Waals surface area contributed by atoms with Gasteiger partial charge in [0.25, 0.3) is 0 Å². The van der Waals surface area contributed by atoms with E-state index in [0.29, 0.717) is 31.3 Å². The number of hydrogen-bond acceptors (Lipinski definition) is 6. The summed E-state index contributed by atoms with van der Waals surface area (Å²) in [6.07, 6.45) is 0.776. The summed E-state index contributed by atoms with van der Waals surface area (Å²) >= 11 is 1.36. The Balaban J connectivity index is 1.26. The van der Waals surface area contributed by atoms with Crippen molar-refractivity contribution in [2.45, 2.75) is 19.3 Å². The zero-order valence-corrected chi connectivity index (χ0v) is 18.9. The SMILES string of the molecule is CC[C@H](C(=O)N1CCN(CC(=O)Nc2nnc(-c3ccccc3)s2)CC1)c1ccccc1. The number of carbonyl (C=O) groups is 2. The minimum absolute atomic E-state index is 0.109. The maximum atomic E-state index is 13.0. The first kappa shape index (κ1) is 22.1. The molecule has 2 amide bonds. The highest BCUT2D eigenvalue weighted by atomic mass is 32.1. The fraction of sp³-hybridized carbons (Fsp3) is 0.333. The van der Waals surface area contributed by atoms with Gasteiger partial charge >= 0.3 is 0 Å². The molecule has 0 bridgehead atoms. The predicted molar refractivity (Wildman–Crippen MR) is 126 cm³/mol. The molecule has 4 rings (SSSR count). The maximum absolute atomic E-state index is 13.0. The molecule has 0 radical (unpaired) electrons. The molecule has 1 aliphatic rings. The number of benzene rings is 2. The van der Waals surface area contributed by atoms with Gasteiger partial charge in [0, 0.05) is 31.7 Å². The maximum Gasteiger partial charge on any atom is 0.240 e.